The molecule has 2 aliphatic heterocycles. The van der Waals surface area contributed by atoms with Crippen molar-refractivity contribution >= 4 is 23.6 Å². The number of nitrogens with one attached hydrogen (secondary N) is 1. The van der Waals surface area contributed by atoms with Crippen molar-refractivity contribution < 1.29 is 23.9 Å². The highest BCUT2D eigenvalue weighted by molar-refractivity contribution is 5.98. The van der Waals surface area contributed by atoms with Crippen LogP contribution in [0.1, 0.15) is 16.8 Å². The van der Waals surface area contributed by atoms with E-state index in [9.17, 15) is 14.4 Å². The zero-order chi connectivity index (χ0) is 17.1. The first-order chi connectivity index (χ1) is 11.6. The molecule has 0 spiro atoms. The van der Waals surface area contributed by atoms with E-state index in [4.69, 9.17) is 4.74 Å². The van der Waals surface area contributed by atoms with E-state index in [2.05, 4.69) is 10.1 Å². The number of piperazine rings is 1. The van der Waals surface area contributed by atoms with Crippen LogP contribution < -0.4 is 10.1 Å². The van der Waals surface area contributed by atoms with Gasteiger partial charge in [-0.25, -0.2) is 4.79 Å². The van der Waals surface area contributed by atoms with E-state index >= 15 is 0 Å². The maximum Gasteiger partial charge on any atom is 0.409 e. The van der Waals surface area contributed by atoms with E-state index < -0.39 is 0 Å². The summed E-state index contributed by atoms with van der Waals surface area (Å²) in [6.07, 6.45) is -0.0972. The minimum atomic E-state index is -0.382. The molecule has 2 aliphatic rings. The summed E-state index contributed by atoms with van der Waals surface area (Å²) < 4.78 is 10.2. The van der Waals surface area contributed by atoms with Gasteiger partial charge in [-0.1, -0.05) is 0 Å². The Hall–Kier alpha value is -2.77. The van der Waals surface area contributed by atoms with Crippen LogP contribution in [-0.4, -0.2) is 67.6 Å². The largest absolute Gasteiger partial charge is 0.491 e. The average Bonchev–Trinajstić information content (AvgIpc) is 2.80. The summed E-state index contributed by atoms with van der Waals surface area (Å²) in [5.41, 5.74) is 0.989. The Morgan fingerprint density at radius 3 is 2.58 bits per heavy atom. The summed E-state index contributed by atoms with van der Waals surface area (Å²) in [6, 6.07) is 5.01. The Labute approximate surface area is 139 Å². The normalized spacial score (nSPS) is 17.3. The fourth-order valence-corrected chi connectivity index (χ4v) is 2.76. The average molecular weight is 333 g/mol. The number of rotatable bonds is 1. The summed E-state index contributed by atoms with van der Waals surface area (Å²) in [7, 11) is 1.34. The molecule has 3 rings (SSSR count). The number of amides is 3. The molecule has 8 heteroatoms. The fraction of sp³-hybridized carbons (Fsp3) is 0.438. The van der Waals surface area contributed by atoms with Crippen molar-refractivity contribution in [2.45, 2.75) is 6.42 Å². The van der Waals surface area contributed by atoms with Gasteiger partial charge in [-0.05, 0) is 18.2 Å². The molecule has 0 aromatic heterocycles. The number of nitrogens with zero attached hydrogens (tertiary/aromatic N) is 2. The van der Waals surface area contributed by atoms with Gasteiger partial charge in [0, 0.05) is 31.7 Å². The molecule has 1 aromatic rings. The van der Waals surface area contributed by atoms with Crippen molar-refractivity contribution in [1.82, 2.24) is 9.80 Å². The van der Waals surface area contributed by atoms with E-state index in [0.717, 1.165) is 0 Å². The van der Waals surface area contributed by atoms with Gasteiger partial charge in [-0.15, -0.1) is 0 Å². The van der Waals surface area contributed by atoms with Gasteiger partial charge in [0.2, 0.25) is 5.91 Å². The Kier molecular flexibility index (Phi) is 4.54. The summed E-state index contributed by atoms with van der Waals surface area (Å²) >= 11 is 0. The molecule has 8 nitrogen and oxygen atoms in total. The first kappa shape index (κ1) is 16.1. The van der Waals surface area contributed by atoms with E-state index in [1.807, 2.05) is 0 Å². The molecule has 1 aromatic carbocycles. The van der Waals surface area contributed by atoms with Crippen LogP contribution in [0.15, 0.2) is 18.2 Å². The quantitative estimate of drug-likeness (QED) is 0.826. The van der Waals surface area contributed by atoms with Gasteiger partial charge < -0.3 is 24.6 Å². The topological polar surface area (TPSA) is 88.2 Å². The lowest BCUT2D eigenvalue weighted by atomic mass is 10.1. The summed E-state index contributed by atoms with van der Waals surface area (Å²) in [5.74, 6) is 0.291. The third kappa shape index (κ3) is 3.27. The Balaban J connectivity index is 1.70. The van der Waals surface area contributed by atoms with Gasteiger partial charge in [-0.2, -0.15) is 0 Å². The molecule has 128 valence electrons. The molecule has 0 aliphatic carbocycles. The highest BCUT2D eigenvalue weighted by Crippen LogP contribution is 2.28. The van der Waals surface area contributed by atoms with Crippen molar-refractivity contribution in [2.24, 2.45) is 0 Å². The number of ether oxygens (including phenoxy) is 2. The van der Waals surface area contributed by atoms with Crippen LogP contribution in [0.25, 0.3) is 0 Å². The lowest BCUT2D eigenvalue weighted by molar-refractivity contribution is -0.116. The first-order valence-electron chi connectivity index (χ1n) is 7.77. The monoisotopic (exact) mass is 333 g/mol. The standard InChI is InChI=1S/C16H19N3O5/c1-23-16(22)19-7-5-18(6-8-19)15(21)11-2-3-13-12(10-11)17-14(20)4-9-24-13/h2-3,10H,4-9H2,1H3,(H,17,20). The molecule has 0 radical (unpaired) electrons. The lowest BCUT2D eigenvalue weighted by Crippen LogP contribution is -2.50. The Morgan fingerprint density at radius 2 is 1.88 bits per heavy atom. The zero-order valence-electron chi connectivity index (χ0n) is 13.4. The Bertz CT molecular complexity index is 668. The predicted octanol–water partition coefficient (Wildman–Crippen LogP) is 0.932. The number of carbonyl (C=O) groups is 3. The predicted molar refractivity (Wildman–Crippen MR) is 85.1 cm³/mol. The minimum absolute atomic E-state index is 0.134. The zero-order valence-corrected chi connectivity index (χ0v) is 13.4. The molecule has 1 saturated heterocycles. The van der Waals surface area contributed by atoms with Crippen LogP contribution in [0.2, 0.25) is 0 Å². The minimum Gasteiger partial charge on any atom is -0.491 e. The number of anilines is 1. The third-order valence-corrected chi connectivity index (χ3v) is 4.09. The second-order valence-electron chi connectivity index (χ2n) is 5.61. The molecule has 1 N–H and O–H groups in total. The highest BCUT2D eigenvalue weighted by atomic mass is 16.5. The van der Waals surface area contributed by atoms with Crippen molar-refractivity contribution in [2.75, 3.05) is 45.2 Å². The van der Waals surface area contributed by atoms with Crippen molar-refractivity contribution in [3.8, 4) is 5.75 Å². The maximum atomic E-state index is 12.6. The van der Waals surface area contributed by atoms with Gasteiger partial charge in [0.15, 0.2) is 0 Å². The van der Waals surface area contributed by atoms with Crippen LogP contribution in [0, 0.1) is 0 Å². The molecule has 0 saturated carbocycles. The number of hydrogen-bond donors (Lipinski definition) is 1. The van der Waals surface area contributed by atoms with Crippen molar-refractivity contribution in [3.63, 3.8) is 0 Å². The number of hydrogen-bond acceptors (Lipinski definition) is 5. The van der Waals surface area contributed by atoms with Crippen LogP contribution >= 0.6 is 0 Å². The molecule has 0 unspecified atom stereocenters. The molecule has 24 heavy (non-hydrogen) atoms. The summed E-state index contributed by atoms with van der Waals surface area (Å²) in [6.45, 7) is 2.07. The first-order valence-corrected chi connectivity index (χ1v) is 7.77. The van der Waals surface area contributed by atoms with E-state index in [-0.39, 0.29) is 24.3 Å². The van der Waals surface area contributed by atoms with E-state index in [1.165, 1.54) is 7.11 Å². The van der Waals surface area contributed by atoms with E-state index in [0.29, 0.717) is 49.8 Å². The fourth-order valence-electron chi connectivity index (χ4n) is 2.76. The summed E-state index contributed by atoms with van der Waals surface area (Å²) in [5, 5.41) is 2.75. The smallest absolute Gasteiger partial charge is 0.409 e. The van der Waals surface area contributed by atoms with Crippen LogP contribution in [0.5, 0.6) is 5.75 Å². The van der Waals surface area contributed by atoms with Gasteiger partial charge in [-0.3, -0.25) is 9.59 Å². The van der Waals surface area contributed by atoms with Crippen molar-refractivity contribution in [1.29, 1.82) is 0 Å². The number of benzene rings is 1. The molecule has 3 amide bonds. The number of carbonyl (C=O) groups excluding carboxylic acids is 3. The molecule has 1 fully saturated rings. The SMILES string of the molecule is COC(=O)N1CCN(C(=O)c2ccc3c(c2)NC(=O)CCO3)CC1. The summed E-state index contributed by atoms with van der Waals surface area (Å²) in [4.78, 5) is 39.0. The van der Waals surface area contributed by atoms with Gasteiger partial charge in [0.1, 0.15) is 5.75 Å². The van der Waals surface area contributed by atoms with Crippen LogP contribution in [0.3, 0.4) is 0 Å². The molecular weight excluding hydrogens is 314 g/mol. The third-order valence-electron chi connectivity index (χ3n) is 4.09. The number of fused-ring (bicyclic) bond motifs is 1. The second-order valence-corrected chi connectivity index (χ2v) is 5.61. The Morgan fingerprint density at radius 1 is 1.17 bits per heavy atom. The molecular formula is C16H19N3O5. The van der Waals surface area contributed by atoms with E-state index in [1.54, 1.807) is 28.0 Å². The van der Waals surface area contributed by atoms with Crippen LogP contribution in [0.4, 0.5) is 10.5 Å². The van der Waals surface area contributed by atoms with Gasteiger partial charge >= 0.3 is 6.09 Å². The molecule has 2 heterocycles. The lowest BCUT2D eigenvalue weighted by Gasteiger charge is -2.33. The van der Waals surface area contributed by atoms with Gasteiger partial charge in [0.25, 0.3) is 5.91 Å². The van der Waals surface area contributed by atoms with Crippen LogP contribution in [-0.2, 0) is 9.53 Å². The van der Waals surface area contributed by atoms with Gasteiger partial charge in [0.05, 0.1) is 25.8 Å². The van der Waals surface area contributed by atoms with Crippen molar-refractivity contribution in [3.05, 3.63) is 23.8 Å². The maximum absolute atomic E-state index is 12.6. The second kappa shape index (κ2) is 6.77. The number of methoxy groups -OCH3 is 1. The molecule has 0 atom stereocenters. The highest BCUT2D eigenvalue weighted by Gasteiger charge is 2.26. The molecule has 0 bridgehead atoms.